The number of carbonyl (C=O) groups excluding carboxylic acids is 1. The molecule has 1 atom stereocenters. The molecule has 1 unspecified atom stereocenters. The van der Waals surface area contributed by atoms with Crippen molar-refractivity contribution in [3.8, 4) is 0 Å². The van der Waals surface area contributed by atoms with Gasteiger partial charge in [0.1, 0.15) is 11.5 Å². The van der Waals surface area contributed by atoms with E-state index in [9.17, 15) is 18.0 Å². The second-order valence-electron chi connectivity index (χ2n) is 6.41. The molecule has 2 aromatic rings. The van der Waals surface area contributed by atoms with Crippen LogP contribution in [0.1, 0.15) is 34.5 Å². The van der Waals surface area contributed by atoms with Gasteiger partial charge >= 0.3 is 6.18 Å². The Bertz CT molecular complexity index is 819. The maximum absolute atomic E-state index is 13.3. The van der Waals surface area contributed by atoms with Crippen LogP contribution in [0, 0.1) is 5.92 Å². The maximum atomic E-state index is 13.3. The molecule has 143 valence electrons. The first-order chi connectivity index (χ1) is 12.9. The third-order valence-corrected chi connectivity index (χ3v) is 4.44. The van der Waals surface area contributed by atoms with Crippen molar-refractivity contribution in [2.45, 2.75) is 19.0 Å². The molecule has 1 fully saturated rings. The van der Waals surface area contributed by atoms with Gasteiger partial charge < -0.3 is 10.6 Å². The van der Waals surface area contributed by atoms with Gasteiger partial charge in [0, 0.05) is 12.7 Å². The monoisotopic (exact) mass is 378 g/mol. The number of carbonyl (C=O) groups is 1. The molecule has 3 heterocycles. The minimum atomic E-state index is -4.73. The third kappa shape index (κ3) is 4.54. The highest BCUT2D eigenvalue weighted by molar-refractivity contribution is 6.11. The summed E-state index contributed by atoms with van der Waals surface area (Å²) in [5, 5.41) is 6.29. The fourth-order valence-corrected chi connectivity index (χ4v) is 3.02. The Morgan fingerprint density at radius 3 is 2.81 bits per heavy atom. The molecule has 1 aliphatic heterocycles. The zero-order valence-electron chi connectivity index (χ0n) is 14.4. The Morgan fingerprint density at radius 2 is 2.15 bits per heavy atom. The van der Waals surface area contributed by atoms with Gasteiger partial charge in [0.05, 0.1) is 11.1 Å². The molecule has 0 amide bonds. The second-order valence-corrected chi connectivity index (χ2v) is 6.41. The van der Waals surface area contributed by atoms with Crippen molar-refractivity contribution >= 4 is 17.4 Å². The average molecular weight is 378 g/mol. The molecule has 0 spiro atoms. The maximum Gasteiger partial charge on any atom is 0.418 e. The van der Waals surface area contributed by atoms with Crippen LogP contribution in [-0.4, -0.2) is 35.4 Å². The lowest BCUT2D eigenvalue weighted by Crippen LogP contribution is -2.33. The lowest BCUT2D eigenvalue weighted by Gasteiger charge is -2.23. The molecule has 1 radical (unpaired) electrons. The molecular formula is C18H19F3N5O. The van der Waals surface area contributed by atoms with Gasteiger partial charge in [0.2, 0.25) is 5.78 Å². The summed E-state index contributed by atoms with van der Waals surface area (Å²) in [5.41, 5.74) is 5.61. The zero-order valence-corrected chi connectivity index (χ0v) is 14.4. The average Bonchev–Trinajstić information content (AvgIpc) is 2.66. The Balaban J connectivity index is 1.89. The first kappa shape index (κ1) is 19.1. The SMILES string of the molecule is [NH]c1ncccc1C(=O)c1nc(NCC2CCCNC2)ccc1C(F)(F)F. The van der Waals surface area contributed by atoms with E-state index in [1.807, 2.05) is 0 Å². The van der Waals surface area contributed by atoms with Gasteiger partial charge in [-0.05, 0) is 56.1 Å². The van der Waals surface area contributed by atoms with Gasteiger partial charge in [-0.15, -0.1) is 0 Å². The van der Waals surface area contributed by atoms with Crippen LogP contribution < -0.4 is 16.4 Å². The number of alkyl halides is 3. The lowest BCUT2D eigenvalue weighted by molar-refractivity contribution is -0.138. The van der Waals surface area contributed by atoms with Crippen LogP contribution in [-0.2, 0) is 6.18 Å². The number of nitrogens with zero attached hydrogens (tertiary/aromatic N) is 2. The van der Waals surface area contributed by atoms with E-state index in [0.29, 0.717) is 12.5 Å². The fourth-order valence-electron chi connectivity index (χ4n) is 3.02. The van der Waals surface area contributed by atoms with Gasteiger partial charge in [0.15, 0.2) is 5.82 Å². The highest BCUT2D eigenvalue weighted by Gasteiger charge is 2.37. The van der Waals surface area contributed by atoms with Crippen LogP contribution in [0.5, 0.6) is 0 Å². The highest BCUT2D eigenvalue weighted by atomic mass is 19.4. The smallest absolute Gasteiger partial charge is 0.370 e. The Labute approximate surface area is 154 Å². The van der Waals surface area contributed by atoms with Gasteiger partial charge in [-0.2, -0.15) is 13.2 Å². The van der Waals surface area contributed by atoms with Gasteiger partial charge in [-0.25, -0.2) is 9.97 Å². The molecule has 2 aromatic heterocycles. The number of anilines is 1. The number of ketones is 1. The minimum Gasteiger partial charge on any atom is -0.370 e. The quantitative estimate of drug-likeness (QED) is 0.781. The summed E-state index contributed by atoms with van der Waals surface area (Å²) >= 11 is 0. The number of rotatable bonds is 5. The summed E-state index contributed by atoms with van der Waals surface area (Å²) in [6.45, 7) is 2.35. The number of aromatic nitrogens is 2. The highest BCUT2D eigenvalue weighted by Crippen LogP contribution is 2.33. The van der Waals surface area contributed by atoms with Gasteiger partial charge in [-0.3, -0.25) is 10.5 Å². The number of piperidine rings is 1. The zero-order chi connectivity index (χ0) is 19.4. The molecule has 0 bridgehead atoms. The summed E-state index contributed by atoms with van der Waals surface area (Å²) in [6, 6.07) is 4.74. The molecule has 27 heavy (non-hydrogen) atoms. The van der Waals surface area contributed by atoms with Crippen molar-refractivity contribution in [1.82, 2.24) is 21.0 Å². The predicted octanol–water partition coefficient (Wildman–Crippen LogP) is 3.05. The number of hydrogen-bond donors (Lipinski definition) is 2. The molecule has 9 heteroatoms. The van der Waals surface area contributed by atoms with E-state index in [1.165, 1.54) is 24.4 Å². The number of nitrogens with one attached hydrogen (secondary N) is 3. The van der Waals surface area contributed by atoms with Crippen molar-refractivity contribution in [3.05, 3.63) is 47.3 Å². The van der Waals surface area contributed by atoms with Gasteiger partial charge in [-0.1, -0.05) is 0 Å². The standard InChI is InChI=1S/C18H19F3N5O/c19-18(20,21)13-5-6-14(25-10-11-3-1-7-23-9-11)26-15(13)16(27)12-4-2-8-24-17(12)22/h2,4-6,8,11,22-23H,1,3,7,9-10H2,(H,25,26). The van der Waals surface area contributed by atoms with Crippen LogP contribution in [0.25, 0.3) is 0 Å². The van der Waals surface area contributed by atoms with Gasteiger partial charge in [0.25, 0.3) is 0 Å². The Hall–Kier alpha value is -2.68. The molecule has 0 aliphatic carbocycles. The summed E-state index contributed by atoms with van der Waals surface area (Å²) in [6.07, 6.45) is -1.37. The molecule has 3 rings (SSSR count). The van der Waals surface area contributed by atoms with E-state index in [0.717, 1.165) is 32.0 Å². The molecule has 1 saturated heterocycles. The fraction of sp³-hybridized carbons (Fsp3) is 0.389. The summed E-state index contributed by atoms with van der Waals surface area (Å²) in [7, 11) is 0. The molecular weight excluding hydrogens is 359 g/mol. The van der Waals surface area contributed by atoms with E-state index < -0.39 is 23.2 Å². The summed E-state index contributed by atoms with van der Waals surface area (Å²) < 4.78 is 40.0. The van der Waals surface area contributed by atoms with Crippen molar-refractivity contribution in [3.63, 3.8) is 0 Å². The van der Waals surface area contributed by atoms with E-state index in [1.54, 1.807) is 0 Å². The van der Waals surface area contributed by atoms with E-state index in [4.69, 9.17) is 5.73 Å². The van der Waals surface area contributed by atoms with Crippen LogP contribution in [0.4, 0.5) is 24.8 Å². The van der Waals surface area contributed by atoms with Crippen molar-refractivity contribution < 1.29 is 18.0 Å². The number of halogens is 3. The first-order valence-electron chi connectivity index (χ1n) is 8.60. The predicted molar refractivity (Wildman–Crippen MR) is 93.7 cm³/mol. The topological polar surface area (TPSA) is 90.7 Å². The van der Waals surface area contributed by atoms with Crippen LogP contribution in [0.15, 0.2) is 30.5 Å². The van der Waals surface area contributed by atoms with Crippen molar-refractivity contribution in [2.24, 2.45) is 5.92 Å². The second kappa shape index (κ2) is 7.91. The lowest BCUT2D eigenvalue weighted by atomic mass is 10.00. The number of hydrogen-bond acceptors (Lipinski definition) is 5. The third-order valence-electron chi connectivity index (χ3n) is 4.44. The Kier molecular flexibility index (Phi) is 5.59. The molecule has 0 aromatic carbocycles. The largest absolute Gasteiger partial charge is 0.418 e. The first-order valence-corrected chi connectivity index (χ1v) is 8.60. The van der Waals surface area contributed by atoms with E-state index >= 15 is 0 Å². The van der Waals surface area contributed by atoms with Crippen molar-refractivity contribution in [1.29, 1.82) is 0 Å². The normalized spacial score (nSPS) is 17.5. The number of pyridine rings is 2. The molecule has 1 aliphatic rings. The van der Waals surface area contributed by atoms with Crippen molar-refractivity contribution in [2.75, 3.05) is 25.0 Å². The van der Waals surface area contributed by atoms with Crippen LogP contribution in [0.2, 0.25) is 0 Å². The van der Waals surface area contributed by atoms with E-state index in [-0.39, 0.29) is 17.2 Å². The van der Waals surface area contributed by atoms with Crippen LogP contribution >= 0.6 is 0 Å². The van der Waals surface area contributed by atoms with E-state index in [2.05, 4.69) is 20.6 Å². The molecule has 0 saturated carbocycles. The molecule has 6 nitrogen and oxygen atoms in total. The van der Waals surface area contributed by atoms with Crippen LogP contribution in [0.3, 0.4) is 0 Å². The summed E-state index contributed by atoms with van der Waals surface area (Å²) in [5.74, 6) is -0.806. The minimum absolute atomic E-state index is 0.201. The Morgan fingerprint density at radius 1 is 1.33 bits per heavy atom. The molecule has 3 N–H and O–H groups in total. The summed E-state index contributed by atoms with van der Waals surface area (Å²) in [4.78, 5) is 20.2.